The largest absolute Gasteiger partial charge is 0.431 e. The molecule has 0 aliphatic rings. The average molecular weight is 325 g/mol. The molecule has 0 aliphatic carbocycles. The van der Waals surface area contributed by atoms with E-state index in [-0.39, 0.29) is 0 Å². The molecule has 8 heteroatoms. The van der Waals surface area contributed by atoms with Gasteiger partial charge in [-0.3, -0.25) is 5.32 Å². The molecule has 3 N–H and O–H groups in total. The standard InChI is InChI=1S/C14H10F3N3OS/c15-14(16,17)11-7-8-6-9(3-4-10(8)19-11)18-13(21)20-12-2-1-5-22-12/h1-7,19H,(H2,18,20,21). The Balaban J connectivity index is 1.78. The van der Waals surface area contributed by atoms with E-state index < -0.39 is 17.9 Å². The van der Waals surface area contributed by atoms with Crippen LogP contribution in [0.15, 0.2) is 41.8 Å². The van der Waals surface area contributed by atoms with E-state index in [0.717, 1.165) is 6.07 Å². The fraction of sp³-hybridized carbons (Fsp3) is 0.0714. The van der Waals surface area contributed by atoms with Crippen LogP contribution in [-0.4, -0.2) is 11.0 Å². The molecule has 0 saturated heterocycles. The lowest BCUT2D eigenvalue weighted by molar-refractivity contribution is -0.140. The number of nitrogens with one attached hydrogen (secondary N) is 3. The molecule has 0 spiro atoms. The molecule has 1 aromatic carbocycles. The lowest BCUT2D eigenvalue weighted by atomic mass is 10.2. The maximum Gasteiger partial charge on any atom is 0.431 e. The van der Waals surface area contributed by atoms with E-state index >= 15 is 0 Å². The summed E-state index contributed by atoms with van der Waals surface area (Å²) in [6.45, 7) is 0. The Morgan fingerprint density at radius 1 is 1.14 bits per heavy atom. The number of carbonyl (C=O) groups excluding carboxylic acids is 1. The number of alkyl halides is 3. The maximum atomic E-state index is 12.6. The Morgan fingerprint density at radius 3 is 2.64 bits per heavy atom. The average Bonchev–Trinajstić information content (AvgIpc) is 3.06. The van der Waals surface area contributed by atoms with Gasteiger partial charge in [-0.15, -0.1) is 11.3 Å². The number of hydrogen-bond acceptors (Lipinski definition) is 2. The zero-order valence-electron chi connectivity index (χ0n) is 11.0. The fourth-order valence-corrected chi connectivity index (χ4v) is 2.60. The van der Waals surface area contributed by atoms with Crippen LogP contribution >= 0.6 is 11.3 Å². The highest BCUT2D eigenvalue weighted by atomic mass is 32.1. The van der Waals surface area contributed by atoms with Gasteiger partial charge in [-0.05, 0) is 41.8 Å². The molecule has 0 atom stereocenters. The van der Waals surface area contributed by atoms with Crippen LogP contribution in [0.25, 0.3) is 10.9 Å². The Kier molecular flexibility index (Phi) is 3.53. The van der Waals surface area contributed by atoms with Gasteiger partial charge in [-0.2, -0.15) is 13.2 Å². The number of carbonyl (C=O) groups is 1. The number of urea groups is 1. The molecule has 0 saturated carbocycles. The van der Waals surface area contributed by atoms with Crippen LogP contribution in [0.2, 0.25) is 0 Å². The van der Waals surface area contributed by atoms with Crippen molar-refractivity contribution in [2.75, 3.05) is 10.6 Å². The number of halogens is 3. The second-order valence-corrected chi connectivity index (χ2v) is 5.49. The van der Waals surface area contributed by atoms with Crippen LogP contribution in [0.1, 0.15) is 5.69 Å². The fourth-order valence-electron chi connectivity index (χ4n) is 1.99. The zero-order valence-corrected chi connectivity index (χ0v) is 11.8. The van der Waals surface area contributed by atoms with Crippen molar-refractivity contribution in [3.8, 4) is 0 Å². The SMILES string of the molecule is O=C(Nc1ccc2[nH]c(C(F)(F)F)cc2c1)Nc1cccs1. The Hall–Kier alpha value is -2.48. The number of thiophene rings is 1. The summed E-state index contributed by atoms with van der Waals surface area (Å²) < 4.78 is 37.9. The Labute approximate surface area is 127 Å². The number of aromatic amines is 1. The van der Waals surface area contributed by atoms with Crippen LogP contribution in [0.3, 0.4) is 0 Å². The molecule has 2 amide bonds. The molecule has 0 aliphatic heterocycles. The smallest absolute Gasteiger partial charge is 0.351 e. The number of aromatic nitrogens is 1. The third kappa shape index (κ3) is 3.06. The summed E-state index contributed by atoms with van der Waals surface area (Å²) >= 11 is 1.37. The molecule has 0 radical (unpaired) electrons. The van der Waals surface area contributed by atoms with E-state index in [0.29, 0.717) is 21.6 Å². The van der Waals surface area contributed by atoms with E-state index in [1.165, 1.54) is 29.5 Å². The predicted molar refractivity (Wildman–Crippen MR) is 80.3 cm³/mol. The summed E-state index contributed by atoms with van der Waals surface area (Å²) in [5.74, 6) is 0. The molecule has 0 fully saturated rings. The van der Waals surface area contributed by atoms with Gasteiger partial charge in [0.05, 0.1) is 5.00 Å². The van der Waals surface area contributed by atoms with Gasteiger partial charge >= 0.3 is 12.2 Å². The van der Waals surface area contributed by atoms with Crippen molar-refractivity contribution in [1.82, 2.24) is 4.98 Å². The minimum absolute atomic E-state index is 0.358. The second kappa shape index (κ2) is 5.38. The normalized spacial score (nSPS) is 11.6. The van der Waals surface area contributed by atoms with Crippen LogP contribution in [0.4, 0.5) is 28.7 Å². The Bertz CT molecular complexity index is 808. The van der Waals surface area contributed by atoms with Crippen molar-refractivity contribution < 1.29 is 18.0 Å². The summed E-state index contributed by atoms with van der Waals surface area (Å²) in [5, 5.41) is 8.09. The summed E-state index contributed by atoms with van der Waals surface area (Å²) in [5.41, 5.74) is -0.0477. The van der Waals surface area contributed by atoms with Crippen molar-refractivity contribution >= 4 is 39.0 Å². The lowest BCUT2D eigenvalue weighted by Crippen LogP contribution is -2.18. The molecule has 4 nitrogen and oxygen atoms in total. The molecule has 2 aromatic heterocycles. The van der Waals surface area contributed by atoms with Gasteiger partial charge in [0, 0.05) is 16.6 Å². The number of rotatable bonds is 2. The molecule has 0 bridgehead atoms. The molecular formula is C14H10F3N3OS. The van der Waals surface area contributed by atoms with E-state index in [1.807, 2.05) is 5.38 Å². The number of hydrogen-bond donors (Lipinski definition) is 3. The van der Waals surface area contributed by atoms with Crippen molar-refractivity contribution in [1.29, 1.82) is 0 Å². The minimum Gasteiger partial charge on any atom is -0.351 e. The molecular weight excluding hydrogens is 315 g/mol. The van der Waals surface area contributed by atoms with E-state index in [2.05, 4.69) is 15.6 Å². The first kappa shape index (κ1) is 14.5. The van der Waals surface area contributed by atoms with Gasteiger partial charge in [0.1, 0.15) is 5.69 Å². The molecule has 22 heavy (non-hydrogen) atoms. The van der Waals surface area contributed by atoms with Crippen molar-refractivity contribution in [3.05, 3.63) is 47.5 Å². The third-order valence-corrected chi connectivity index (χ3v) is 3.73. The molecule has 3 aromatic rings. The highest BCUT2D eigenvalue weighted by Gasteiger charge is 2.32. The lowest BCUT2D eigenvalue weighted by Gasteiger charge is -2.05. The summed E-state index contributed by atoms with van der Waals surface area (Å²) in [4.78, 5) is 14.1. The van der Waals surface area contributed by atoms with Crippen LogP contribution in [0, 0.1) is 0 Å². The third-order valence-electron chi connectivity index (χ3n) is 2.94. The summed E-state index contributed by atoms with van der Waals surface area (Å²) in [6.07, 6.45) is -4.43. The number of benzene rings is 1. The van der Waals surface area contributed by atoms with Gasteiger partial charge in [-0.25, -0.2) is 4.79 Å². The maximum absolute atomic E-state index is 12.6. The van der Waals surface area contributed by atoms with Crippen molar-refractivity contribution in [3.63, 3.8) is 0 Å². The van der Waals surface area contributed by atoms with Crippen LogP contribution < -0.4 is 10.6 Å². The summed E-state index contributed by atoms with van der Waals surface area (Å²) in [7, 11) is 0. The highest BCUT2D eigenvalue weighted by molar-refractivity contribution is 7.14. The van der Waals surface area contributed by atoms with Crippen LogP contribution in [-0.2, 0) is 6.18 Å². The van der Waals surface area contributed by atoms with E-state index in [9.17, 15) is 18.0 Å². The van der Waals surface area contributed by atoms with Crippen molar-refractivity contribution in [2.24, 2.45) is 0 Å². The van der Waals surface area contributed by atoms with Crippen molar-refractivity contribution in [2.45, 2.75) is 6.18 Å². The number of H-pyrrole nitrogens is 1. The van der Waals surface area contributed by atoms with Gasteiger partial charge in [0.2, 0.25) is 0 Å². The topological polar surface area (TPSA) is 56.9 Å². The minimum atomic E-state index is -4.43. The van der Waals surface area contributed by atoms with Gasteiger partial charge in [0.25, 0.3) is 0 Å². The number of fused-ring (bicyclic) bond motifs is 1. The first-order valence-electron chi connectivity index (χ1n) is 6.23. The highest BCUT2D eigenvalue weighted by Crippen LogP contribution is 2.31. The molecule has 0 unspecified atom stereocenters. The molecule has 2 heterocycles. The predicted octanol–water partition coefficient (Wildman–Crippen LogP) is 4.89. The monoisotopic (exact) mass is 325 g/mol. The van der Waals surface area contributed by atoms with Gasteiger partial charge in [-0.1, -0.05) is 0 Å². The quantitative estimate of drug-likeness (QED) is 0.617. The zero-order chi connectivity index (χ0) is 15.7. The van der Waals surface area contributed by atoms with Gasteiger partial charge in [0.15, 0.2) is 0 Å². The van der Waals surface area contributed by atoms with E-state index in [4.69, 9.17) is 0 Å². The first-order chi connectivity index (χ1) is 10.4. The molecule has 3 rings (SSSR count). The van der Waals surface area contributed by atoms with Gasteiger partial charge < -0.3 is 10.3 Å². The van der Waals surface area contributed by atoms with Crippen LogP contribution in [0.5, 0.6) is 0 Å². The summed E-state index contributed by atoms with van der Waals surface area (Å²) in [6, 6.07) is 8.61. The second-order valence-electron chi connectivity index (χ2n) is 4.54. The van der Waals surface area contributed by atoms with E-state index in [1.54, 1.807) is 12.1 Å². The number of amides is 2. The Morgan fingerprint density at radius 2 is 1.95 bits per heavy atom. The number of anilines is 2. The molecule has 114 valence electrons. The first-order valence-corrected chi connectivity index (χ1v) is 7.11.